The third-order valence-corrected chi connectivity index (χ3v) is 3.49. The van der Waals surface area contributed by atoms with E-state index in [-0.39, 0.29) is 11.8 Å². The maximum Gasteiger partial charge on any atom is 0.308 e. The van der Waals surface area contributed by atoms with Crippen molar-refractivity contribution in [2.45, 2.75) is 26.9 Å². The first-order chi connectivity index (χ1) is 8.11. The Bertz CT molecular complexity index is 402. The topological polar surface area (TPSA) is 58.4 Å². The van der Waals surface area contributed by atoms with E-state index in [0.29, 0.717) is 6.54 Å². The number of aliphatic carboxylic acids is 1. The lowest BCUT2D eigenvalue weighted by atomic mass is 9.99. The van der Waals surface area contributed by atoms with Crippen molar-refractivity contribution in [1.82, 2.24) is 14.7 Å². The lowest BCUT2D eigenvalue weighted by molar-refractivity contribution is -0.142. The average molecular weight is 237 g/mol. The van der Waals surface area contributed by atoms with E-state index in [1.165, 1.54) is 0 Å². The zero-order chi connectivity index (χ0) is 12.4. The van der Waals surface area contributed by atoms with Gasteiger partial charge < -0.3 is 5.11 Å². The monoisotopic (exact) mass is 237 g/mol. The number of nitrogens with zero attached hydrogens (tertiary/aromatic N) is 3. The molecule has 0 saturated carbocycles. The Balaban J connectivity index is 2.00. The smallest absolute Gasteiger partial charge is 0.308 e. The van der Waals surface area contributed by atoms with Crippen LogP contribution in [0.5, 0.6) is 0 Å². The second-order valence-electron chi connectivity index (χ2n) is 4.75. The summed E-state index contributed by atoms with van der Waals surface area (Å²) in [5.74, 6) is -0.678. The molecule has 1 fully saturated rings. The minimum Gasteiger partial charge on any atom is -0.481 e. The molecule has 2 unspecified atom stereocenters. The van der Waals surface area contributed by atoms with Crippen molar-refractivity contribution in [3.05, 3.63) is 18.0 Å². The van der Waals surface area contributed by atoms with Gasteiger partial charge in [-0.2, -0.15) is 5.10 Å². The number of hydrogen-bond donors (Lipinski definition) is 1. The van der Waals surface area contributed by atoms with Gasteiger partial charge in [0.2, 0.25) is 0 Å². The van der Waals surface area contributed by atoms with Crippen LogP contribution < -0.4 is 0 Å². The molecule has 1 saturated heterocycles. The molecule has 17 heavy (non-hydrogen) atoms. The van der Waals surface area contributed by atoms with E-state index in [1.54, 1.807) is 6.20 Å². The maximum absolute atomic E-state index is 11.0. The highest BCUT2D eigenvalue weighted by Gasteiger charge is 2.34. The third kappa shape index (κ3) is 2.49. The van der Waals surface area contributed by atoms with Crippen molar-refractivity contribution in [3.8, 4) is 0 Å². The number of carbonyl (C=O) groups is 1. The Labute approximate surface area is 101 Å². The van der Waals surface area contributed by atoms with Gasteiger partial charge in [-0.15, -0.1) is 0 Å². The van der Waals surface area contributed by atoms with Gasteiger partial charge in [0.05, 0.1) is 11.6 Å². The highest BCUT2D eigenvalue weighted by molar-refractivity contribution is 5.71. The highest BCUT2D eigenvalue weighted by Crippen LogP contribution is 2.24. The first-order valence-corrected chi connectivity index (χ1v) is 6.07. The van der Waals surface area contributed by atoms with E-state index in [1.807, 2.05) is 17.7 Å². The van der Waals surface area contributed by atoms with Gasteiger partial charge in [0.15, 0.2) is 0 Å². The Hall–Kier alpha value is -1.36. The second-order valence-corrected chi connectivity index (χ2v) is 4.75. The molecule has 2 heterocycles. The van der Waals surface area contributed by atoms with Gasteiger partial charge in [0.25, 0.3) is 0 Å². The van der Waals surface area contributed by atoms with Gasteiger partial charge >= 0.3 is 5.97 Å². The summed E-state index contributed by atoms with van der Waals surface area (Å²) >= 11 is 0. The number of rotatable bonds is 4. The number of aromatic nitrogens is 2. The summed E-state index contributed by atoms with van der Waals surface area (Å²) in [4.78, 5) is 13.2. The SMILES string of the molecule is CCn1nccc1CN1CC(C)C(C(=O)O)C1. The molecular weight excluding hydrogens is 218 g/mol. The molecule has 0 aromatic carbocycles. The van der Waals surface area contributed by atoms with Gasteiger partial charge in [-0.3, -0.25) is 14.4 Å². The quantitative estimate of drug-likeness (QED) is 0.850. The van der Waals surface area contributed by atoms with Crippen molar-refractivity contribution in [2.75, 3.05) is 13.1 Å². The van der Waals surface area contributed by atoms with E-state index in [4.69, 9.17) is 5.11 Å². The summed E-state index contributed by atoms with van der Waals surface area (Å²) in [5.41, 5.74) is 1.16. The van der Waals surface area contributed by atoms with Crippen LogP contribution in [0.2, 0.25) is 0 Å². The van der Waals surface area contributed by atoms with E-state index in [0.717, 1.165) is 25.3 Å². The standard InChI is InChI=1S/C12H19N3O2/c1-3-15-10(4-5-13-15)7-14-6-9(2)11(8-14)12(16)17/h4-5,9,11H,3,6-8H2,1-2H3,(H,16,17). The molecule has 0 radical (unpaired) electrons. The Morgan fingerprint density at radius 2 is 2.35 bits per heavy atom. The predicted molar refractivity (Wildman–Crippen MR) is 63.5 cm³/mol. The van der Waals surface area contributed by atoms with Crippen LogP contribution in [-0.4, -0.2) is 38.8 Å². The van der Waals surface area contributed by atoms with Crippen LogP contribution in [-0.2, 0) is 17.9 Å². The van der Waals surface area contributed by atoms with Gasteiger partial charge in [0.1, 0.15) is 0 Å². The minimum atomic E-state index is -0.677. The van der Waals surface area contributed by atoms with Crippen molar-refractivity contribution in [3.63, 3.8) is 0 Å². The molecule has 5 heteroatoms. The summed E-state index contributed by atoms with van der Waals surface area (Å²) in [7, 11) is 0. The fraction of sp³-hybridized carbons (Fsp3) is 0.667. The van der Waals surface area contributed by atoms with Gasteiger partial charge in [0, 0.05) is 32.4 Å². The van der Waals surface area contributed by atoms with Crippen LogP contribution in [0.25, 0.3) is 0 Å². The van der Waals surface area contributed by atoms with Crippen LogP contribution in [0.15, 0.2) is 12.3 Å². The Morgan fingerprint density at radius 1 is 1.59 bits per heavy atom. The lowest BCUT2D eigenvalue weighted by Crippen LogP contribution is -2.24. The molecular formula is C12H19N3O2. The molecule has 2 rings (SSSR count). The molecule has 1 aromatic rings. The van der Waals surface area contributed by atoms with Crippen LogP contribution in [0.4, 0.5) is 0 Å². The van der Waals surface area contributed by atoms with Crippen molar-refractivity contribution in [2.24, 2.45) is 11.8 Å². The number of likely N-dealkylation sites (tertiary alicyclic amines) is 1. The Morgan fingerprint density at radius 3 is 2.94 bits per heavy atom. The van der Waals surface area contributed by atoms with Crippen molar-refractivity contribution in [1.29, 1.82) is 0 Å². The molecule has 0 spiro atoms. The fourth-order valence-electron chi connectivity index (χ4n) is 2.53. The summed E-state index contributed by atoms with van der Waals surface area (Å²) < 4.78 is 1.96. The van der Waals surface area contributed by atoms with E-state index < -0.39 is 5.97 Å². The van der Waals surface area contributed by atoms with E-state index in [2.05, 4.69) is 16.9 Å². The number of carboxylic acids is 1. The Kier molecular flexibility index (Phi) is 3.47. The van der Waals surface area contributed by atoms with Crippen LogP contribution in [0, 0.1) is 11.8 Å². The summed E-state index contributed by atoms with van der Waals surface area (Å²) in [6.07, 6.45) is 1.80. The van der Waals surface area contributed by atoms with Gasteiger partial charge in [-0.05, 0) is 18.9 Å². The molecule has 1 N–H and O–H groups in total. The second kappa shape index (κ2) is 4.87. The van der Waals surface area contributed by atoms with E-state index in [9.17, 15) is 4.79 Å². The summed E-state index contributed by atoms with van der Waals surface area (Å²) in [6, 6.07) is 2.00. The molecule has 0 bridgehead atoms. The number of aryl methyl sites for hydroxylation is 1. The summed E-state index contributed by atoms with van der Waals surface area (Å²) in [6.45, 7) is 7.21. The molecule has 2 atom stereocenters. The third-order valence-electron chi connectivity index (χ3n) is 3.49. The maximum atomic E-state index is 11.0. The highest BCUT2D eigenvalue weighted by atomic mass is 16.4. The predicted octanol–water partition coefficient (Wildman–Crippen LogP) is 1.06. The van der Waals surface area contributed by atoms with Gasteiger partial charge in [-0.25, -0.2) is 0 Å². The number of hydrogen-bond acceptors (Lipinski definition) is 3. The van der Waals surface area contributed by atoms with Crippen LogP contribution in [0.1, 0.15) is 19.5 Å². The van der Waals surface area contributed by atoms with E-state index >= 15 is 0 Å². The zero-order valence-electron chi connectivity index (χ0n) is 10.3. The first kappa shape index (κ1) is 12.1. The molecule has 1 aliphatic rings. The largest absolute Gasteiger partial charge is 0.481 e. The van der Waals surface area contributed by atoms with Crippen LogP contribution in [0.3, 0.4) is 0 Å². The normalized spacial score (nSPS) is 25.3. The first-order valence-electron chi connectivity index (χ1n) is 6.07. The summed E-state index contributed by atoms with van der Waals surface area (Å²) in [5, 5.41) is 13.3. The molecule has 94 valence electrons. The molecule has 5 nitrogen and oxygen atoms in total. The van der Waals surface area contributed by atoms with Crippen molar-refractivity contribution >= 4 is 5.97 Å². The lowest BCUT2D eigenvalue weighted by Gasteiger charge is -2.15. The minimum absolute atomic E-state index is 0.227. The molecule has 0 amide bonds. The number of carboxylic acid groups (broad SMARTS) is 1. The molecule has 1 aromatic heterocycles. The fourth-order valence-corrected chi connectivity index (χ4v) is 2.53. The average Bonchev–Trinajstić information content (AvgIpc) is 2.85. The zero-order valence-corrected chi connectivity index (χ0v) is 10.3. The van der Waals surface area contributed by atoms with Crippen LogP contribution >= 0.6 is 0 Å². The molecule has 0 aliphatic carbocycles. The van der Waals surface area contributed by atoms with Gasteiger partial charge in [-0.1, -0.05) is 6.92 Å². The van der Waals surface area contributed by atoms with Crippen molar-refractivity contribution < 1.29 is 9.90 Å². The molecule has 1 aliphatic heterocycles.